The van der Waals surface area contributed by atoms with Gasteiger partial charge in [0, 0.05) is 17.8 Å². The summed E-state index contributed by atoms with van der Waals surface area (Å²) >= 11 is 0. The Labute approximate surface area is 123 Å². The number of hydrogen-bond donors (Lipinski definition) is 3. The number of nitrogens with two attached hydrogens (primary N) is 1. The van der Waals surface area contributed by atoms with Crippen LogP contribution in [0.25, 0.3) is 0 Å². The van der Waals surface area contributed by atoms with Gasteiger partial charge in [-0.1, -0.05) is 36.4 Å². The van der Waals surface area contributed by atoms with E-state index in [9.17, 15) is 9.59 Å². The van der Waals surface area contributed by atoms with Crippen molar-refractivity contribution in [3.8, 4) is 0 Å². The van der Waals surface area contributed by atoms with Crippen LogP contribution < -0.4 is 16.4 Å². The molecule has 5 nitrogen and oxygen atoms in total. The van der Waals surface area contributed by atoms with Crippen LogP contribution in [0.1, 0.15) is 21.5 Å². The van der Waals surface area contributed by atoms with E-state index in [1.54, 1.807) is 25.1 Å². The Morgan fingerprint density at radius 1 is 1.10 bits per heavy atom. The van der Waals surface area contributed by atoms with Crippen molar-refractivity contribution < 1.29 is 9.59 Å². The van der Waals surface area contributed by atoms with E-state index < -0.39 is 5.91 Å². The van der Waals surface area contributed by atoms with Crippen molar-refractivity contribution in [3.05, 3.63) is 65.2 Å². The molecule has 0 aliphatic rings. The summed E-state index contributed by atoms with van der Waals surface area (Å²) in [4.78, 5) is 23.1. The highest BCUT2D eigenvalue weighted by Crippen LogP contribution is 2.14. The minimum atomic E-state index is -0.513. The van der Waals surface area contributed by atoms with Crippen molar-refractivity contribution in [2.45, 2.75) is 13.5 Å². The largest absolute Gasteiger partial charge is 0.366 e. The number of carbonyl (C=O) groups excluding carboxylic acids is 2. The molecule has 0 aliphatic heterocycles. The second-order valence-electron chi connectivity index (χ2n) is 4.69. The molecule has 2 rings (SSSR count). The van der Waals surface area contributed by atoms with Crippen LogP contribution in [0, 0.1) is 6.92 Å². The maximum atomic E-state index is 11.8. The third-order valence-electron chi connectivity index (χ3n) is 3.06. The first-order valence-corrected chi connectivity index (χ1v) is 6.55. The van der Waals surface area contributed by atoms with Gasteiger partial charge in [-0.25, -0.2) is 4.79 Å². The smallest absolute Gasteiger partial charge is 0.319 e. The van der Waals surface area contributed by atoms with Crippen LogP contribution in [0.3, 0.4) is 0 Å². The number of primary amides is 1. The molecule has 0 aliphatic carbocycles. The molecule has 0 fully saturated rings. The van der Waals surface area contributed by atoms with Crippen molar-refractivity contribution in [1.82, 2.24) is 5.32 Å². The lowest BCUT2D eigenvalue weighted by Crippen LogP contribution is -2.28. The second kappa shape index (κ2) is 6.56. The van der Waals surface area contributed by atoms with E-state index in [4.69, 9.17) is 5.73 Å². The number of urea groups is 1. The second-order valence-corrected chi connectivity index (χ2v) is 4.69. The number of aryl methyl sites for hydroxylation is 1. The average Bonchev–Trinajstić information content (AvgIpc) is 2.48. The van der Waals surface area contributed by atoms with E-state index in [2.05, 4.69) is 10.6 Å². The zero-order valence-electron chi connectivity index (χ0n) is 11.7. The van der Waals surface area contributed by atoms with Gasteiger partial charge in [-0.15, -0.1) is 0 Å². The zero-order valence-corrected chi connectivity index (χ0v) is 11.7. The fourth-order valence-corrected chi connectivity index (χ4v) is 1.92. The highest BCUT2D eigenvalue weighted by Gasteiger charge is 2.08. The Balaban J connectivity index is 1.97. The minimum absolute atomic E-state index is 0.335. The Morgan fingerprint density at radius 2 is 1.81 bits per heavy atom. The van der Waals surface area contributed by atoms with E-state index in [1.807, 2.05) is 30.3 Å². The Bertz CT molecular complexity index is 654. The first kappa shape index (κ1) is 14.6. The monoisotopic (exact) mass is 283 g/mol. The number of hydrogen-bond acceptors (Lipinski definition) is 2. The minimum Gasteiger partial charge on any atom is -0.366 e. The Morgan fingerprint density at radius 3 is 2.48 bits per heavy atom. The van der Waals surface area contributed by atoms with Gasteiger partial charge in [0.2, 0.25) is 5.91 Å². The van der Waals surface area contributed by atoms with Crippen LogP contribution >= 0.6 is 0 Å². The fourth-order valence-electron chi connectivity index (χ4n) is 1.92. The first-order valence-electron chi connectivity index (χ1n) is 6.55. The number of nitrogens with one attached hydrogen (secondary N) is 2. The zero-order chi connectivity index (χ0) is 15.2. The molecule has 21 heavy (non-hydrogen) atoms. The highest BCUT2D eigenvalue weighted by atomic mass is 16.2. The lowest BCUT2D eigenvalue weighted by molar-refractivity contribution is 0.0999. The molecule has 2 aromatic carbocycles. The quantitative estimate of drug-likeness (QED) is 0.805. The molecule has 0 atom stereocenters. The molecular formula is C16H17N3O2. The molecule has 0 aromatic heterocycles. The van der Waals surface area contributed by atoms with Crippen molar-refractivity contribution in [1.29, 1.82) is 0 Å². The van der Waals surface area contributed by atoms with Crippen LogP contribution in [0.5, 0.6) is 0 Å². The standard InChI is InChI=1S/C16H17N3O2/c1-11-7-8-13(9-14(11)15(17)20)19-16(21)18-10-12-5-3-2-4-6-12/h2-9H,10H2,1H3,(H2,17,20)(H2,18,19,21). The Hall–Kier alpha value is -2.82. The summed E-state index contributed by atoms with van der Waals surface area (Å²) in [7, 11) is 0. The molecule has 3 amide bonds. The van der Waals surface area contributed by atoms with Crippen molar-refractivity contribution in [2.75, 3.05) is 5.32 Å². The van der Waals surface area contributed by atoms with Gasteiger partial charge >= 0.3 is 6.03 Å². The van der Waals surface area contributed by atoms with Gasteiger partial charge in [0.15, 0.2) is 0 Å². The van der Waals surface area contributed by atoms with E-state index in [-0.39, 0.29) is 6.03 Å². The normalized spacial score (nSPS) is 9.95. The molecule has 0 saturated heterocycles. The van der Waals surface area contributed by atoms with Gasteiger partial charge in [0.05, 0.1) is 0 Å². The van der Waals surface area contributed by atoms with Crippen molar-refractivity contribution in [2.24, 2.45) is 5.73 Å². The van der Waals surface area contributed by atoms with Crippen LogP contribution in [0.15, 0.2) is 48.5 Å². The fraction of sp³-hybridized carbons (Fsp3) is 0.125. The molecule has 0 spiro atoms. The number of rotatable bonds is 4. The number of amides is 3. The molecule has 0 radical (unpaired) electrons. The van der Waals surface area contributed by atoms with E-state index in [0.717, 1.165) is 11.1 Å². The molecule has 2 aromatic rings. The van der Waals surface area contributed by atoms with Crippen LogP contribution in [0.2, 0.25) is 0 Å². The third-order valence-corrected chi connectivity index (χ3v) is 3.06. The lowest BCUT2D eigenvalue weighted by Gasteiger charge is -2.09. The number of benzene rings is 2. The molecule has 0 bridgehead atoms. The molecular weight excluding hydrogens is 266 g/mol. The summed E-state index contributed by atoms with van der Waals surface area (Å²) in [5, 5.41) is 5.42. The summed E-state index contributed by atoms with van der Waals surface area (Å²) in [6, 6.07) is 14.3. The van der Waals surface area contributed by atoms with E-state index in [0.29, 0.717) is 17.8 Å². The summed E-state index contributed by atoms with van der Waals surface area (Å²) in [5.74, 6) is -0.513. The molecule has 4 N–H and O–H groups in total. The van der Waals surface area contributed by atoms with E-state index in [1.165, 1.54) is 0 Å². The summed E-state index contributed by atoms with van der Waals surface area (Å²) in [5.41, 5.74) is 7.99. The summed E-state index contributed by atoms with van der Waals surface area (Å²) in [6.07, 6.45) is 0. The van der Waals surface area contributed by atoms with Crippen LogP contribution in [-0.2, 0) is 6.54 Å². The van der Waals surface area contributed by atoms with Crippen molar-refractivity contribution in [3.63, 3.8) is 0 Å². The number of anilines is 1. The molecule has 108 valence electrons. The predicted octanol–water partition coefficient (Wildman–Crippen LogP) is 2.42. The van der Waals surface area contributed by atoms with Crippen LogP contribution in [-0.4, -0.2) is 11.9 Å². The average molecular weight is 283 g/mol. The predicted molar refractivity (Wildman–Crippen MR) is 82.0 cm³/mol. The Kier molecular flexibility index (Phi) is 4.56. The number of carbonyl (C=O) groups is 2. The molecule has 5 heteroatoms. The SMILES string of the molecule is Cc1ccc(NC(=O)NCc2ccccc2)cc1C(N)=O. The molecule has 0 saturated carbocycles. The maximum absolute atomic E-state index is 11.8. The summed E-state index contributed by atoms with van der Waals surface area (Å²) in [6.45, 7) is 2.22. The molecule has 0 heterocycles. The van der Waals surface area contributed by atoms with Gasteiger partial charge in [0.25, 0.3) is 0 Å². The maximum Gasteiger partial charge on any atom is 0.319 e. The highest BCUT2D eigenvalue weighted by molar-refractivity contribution is 5.97. The van der Waals surface area contributed by atoms with Gasteiger partial charge in [-0.3, -0.25) is 4.79 Å². The van der Waals surface area contributed by atoms with Gasteiger partial charge in [0.1, 0.15) is 0 Å². The third kappa shape index (κ3) is 4.07. The van der Waals surface area contributed by atoms with Gasteiger partial charge < -0.3 is 16.4 Å². The lowest BCUT2D eigenvalue weighted by atomic mass is 10.1. The topological polar surface area (TPSA) is 84.2 Å². The van der Waals surface area contributed by atoms with Gasteiger partial charge in [-0.2, -0.15) is 0 Å². The molecule has 0 unspecified atom stereocenters. The van der Waals surface area contributed by atoms with Crippen LogP contribution in [0.4, 0.5) is 10.5 Å². The van der Waals surface area contributed by atoms with Crippen molar-refractivity contribution >= 4 is 17.6 Å². The van der Waals surface area contributed by atoms with E-state index >= 15 is 0 Å². The summed E-state index contributed by atoms with van der Waals surface area (Å²) < 4.78 is 0. The first-order chi connectivity index (χ1) is 10.1. The van der Waals surface area contributed by atoms with Gasteiger partial charge in [-0.05, 0) is 30.2 Å².